The van der Waals surface area contributed by atoms with Crippen LogP contribution >= 0.6 is 0 Å². The van der Waals surface area contributed by atoms with Crippen molar-refractivity contribution < 1.29 is 22.2 Å². The number of carbonyl (C=O) groups excluding carboxylic acids is 1. The maximum atomic E-state index is 14.8. The Balaban J connectivity index is 1.76. The molecule has 1 aromatic carbocycles. The maximum absolute atomic E-state index is 14.8. The Labute approximate surface area is 189 Å². The quantitative estimate of drug-likeness (QED) is 0.577. The molecular formula is C22H24F3N5O2S. The van der Waals surface area contributed by atoms with Crippen molar-refractivity contribution in [2.24, 2.45) is 9.78 Å². The van der Waals surface area contributed by atoms with Crippen molar-refractivity contribution in [3.05, 3.63) is 47.5 Å². The lowest BCUT2D eigenvalue weighted by Gasteiger charge is -2.44. The zero-order chi connectivity index (χ0) is 24.2. The van der Waals surface area contributed by atoms with E-state index in [4.69, 9.17) is 0 Å². The van der Waals surface area contributed by atoms with E-state index < -0.39 is 32.8 Å². The minimum Gasteiger partial charge on any atom is -0.320 e. The van der Waals surface area contributed by atoms with E-state index in [2.05, 4.69) is 19.8 Å². The van der Waals surface area contributed by atoms with Crippen molar-refractivity contribution in [3.63, 3.8) is 0 Å². The van der Waals surface area contributed by atoms with Crippen LogP contribution in [0.25, 0.3) is 10.9 Å². The average molecular weight is 480 g/mol. The fourth-order valence-electron chi connectivity index (χ4n) is 4.32. The number of alkyl halides is 2. The van der Waals surface area contributed by atoms with Gasteiger partial charge >= 0.3 is 0 Å². The fraction of sp³-hybridized carbons (Fsp3) is 0.409. The third-order valence-corrected chi connectivity index (χ3v) is 7.59. The molecule has 176 valence electrons. The number of rotatable bonds is 5. The highest BCUT2D eigenvalue weighted by Gasteiger charge is 2.54. The lowest BCUT2D eigenvalue weighted by atomic mass is 9.67. The van der Waals surface area contributed by atoms with Gasteiger partial charge in [0.25, 0.3) is 5.91 Å². The van der Waals surface area contributed by atoms with Gasteiger partial charge in [0.1, 0.15) is 16.5 Å². The molecule has 2 heterocycles. The van der Waals surface area contributed by atoms with Crippen LogP contribution in [-0.4, -0.2) is 44.1 Å². The third kappa shape index (κ3) is 4.33. The molecule has 1 fully saturated rings. The van der Waals surface area contributed by atoms with Crippen molar-refractivity contribution >= 4 is 32.2 Å². The van der Waals surface area contributed by atoms with Crippen LogP contribution in [0.15, 0.2) is 39.9 Å². The van der Waals surface area contributed by atoms with Crippen LogP contribution in [0.5, 0.6) is 0 Å². The van der Waals surface area contributed by atoms with Crippen LogP contribution < -0.4 is 5.32 Å². The second-order valence-corrected chi connectivity index (χ2v) is 11.3. The highest BCUT2D eigenvalue weighted by atomic mass is 32.2. The van der Waals surface area contributed by atoms with Gasteiger partial charge in [0.2, 0.25) is 5.92 Å². The third-order valence-electron chi connectivity index (χ3n) is 5.89. The van der Waals surface area contributed by atoms with Gasteiger partial charge in [-0.2, -0.15) is 5.10 Å². The van der Waals surface area contributed by atoms with E-state index >= 15 is 0 Å². The van der Waals surface area contributed by atoms with Crippen LogP contribution in [0.1, 0.15) is 35.8 Å². The second kappa shape index (κ2) is 7.82. The number of hydrogen-bond acceptors (Lipinski definition) is 5. The van der Waals surface area contributed by atoms with E-state index in [-0.39, 0.29) is 35.5 Å². The fourth-order valence-corrected chi connectivity index (χ4v) is 5.11. The Morgan fingerprint density at radius 1 is 1.30 bits per heavy atom. The van der Waals surface area contributed by atoms with Crippen LogP contribution in [0.2, 0.25) is 0 Å². The van der Waals surface area contributed by atoms with Gasteiger partial charge in [-0.25, -0.2) is 26.7 Å². The predicted octanol–water partition coefficient (Wildman–Crippen LogP) is 4.65. The SMILES string of the molecule is CN=S(C)(=O)c1cc(NC(=O)c2c3c(F)ccc(C)c3nn2CC2(C)CC(F)(F)C2)ccn1. The first kappa shape index (κ1) is 23.2. The highest BCUT2D eigenvalue weighted by molar-refractivity contribution is 7.92. The molecule has 1 aliphatic rings. The Hall–Kier alpha value is -2.95. The monoisotopic (exact) mass is 479 g/mol. The van der Waals surface area contributed by atoms with Crippen LogP contribution in [0, 0.1) is 18.2 Å². The Bertz CT molecular complexity index is 1380. The zero-order valence-electron chi connectivity index (χ0n) is 18.7. The first-order valence-electron chi connectivity index (χ1n) is 10.3. The number of fused-ring (bicyclic) bond motifs is 1. The average Bonchev–Trinajstić information content (AvgIpc) is 3.09. The maximum Gasteiger partial charge on any atom is 0.274 e. The smallest absolute Gasteiger partial charge is 0.274 e. The molecule has 0 radical (unpaired) electrons. The minimum atomic E-state index is -2.75. The molecule has 0 bridgehead atoms. The largest absolute Gasteiger partial charge is 0.320 e. The van der Waals surface area contributed by atoms with Crippen LogP contribution in [0.4, 0.5) is 18.9 Å². The van der Waals surface area contributed by atoms with Crippen LogP contribution in [0.3, 0.4) is 0 Å². The molecule has 0 spiro atoms. The van der Waals surface area contributed by atoms with E-state index in [9.17, 15) is 22.2 Å². The van der Waals surface area contributed by atoms with Crippen LogP contribution in [-0.2, 0) is 16.3 Å². The molecule has 1 amide bonds. The number of hydrogen-bond donors (Lipinski definition) is 1. The van der Waals surface area contributed by atoms with Crippen molar-refractivity contribution in [3.8, 4) is 0 Å². The number of benzene rings is 1. The molecule has 4 rings (SSSR count). The van der Waals surface area contributed by atoms with E-state index in [1.54, 1.807) is 19.9 Å². The molecule has 1 aliphatic carbocycles. The van der Waals surface area contributed by atoms with E-state index in [0.717, 1.165) is 0 Å². The van der Waals surface area contributed by atoms with Gasteiger partial charge < -0.3 is 5.32 Å². The highest BCUT2D eigenvalue weighted by Crippen LogP contribution is 2.52. The molecule has 1 saturated carbocycles. The number of anilines is 1. The standard InChI is InChI=1S/C22H24F3N5O2S/c1-13-5-6-15(23)17-18(13)29-30(12-21(2)10-22(24,25)11-21)19(17)20(31)28-14-7-8-27-16(9-14)33(4,32)26-3/h5-9H,10-12H2,1-4H3,(H,27,28,31). The van der Waals surface area contributed by atoms with Gasteiger partial charge in [-0.15, -0.1) is 0 Å². The van der Waals surface area contributed by atoms with Crippen molar-refractivity contribution in [1.29, 1.82) is 0 Å². The number of pyridine rings is 1. The van der Waals surface area contributed by atoms with Gasteiger partial charge in [0.15, 0.2) is 0 Å². The summed E-state index contributed by atoms with van der Waals surface area (Å²) in [5.41, 5.74) is 0.416. The summed E-state index contributed by atoms with van der Waals surface area (Å²) in [6.45, 7) is 3.47. The van der Waals surface area contributed by atoms with Crippen molar-refractivity contribution in [2.75, 3.05) is 18.6 Å². The summed E-state index contributed by atoms with van der Waals surface area (Å²) in [4.78, 5) is 17.4. The normalized spacial score (nSPS) is 18.4. The molecule has 0 aliphatic heterocycles. The zero-order valence-corrected chi connectivity index (χ0v) is 19.5. The van der Waals surface area contributed by atoms with Gasteiger partial charge in [0.05, 0.1) is 20.6 Å². The number of amides is 1. The van der Waals surface area contributed by atoms with E-state index in [1.807, 2.05) is 0 Å². The molecule has 7 nitrogen and oxygen atoms in total. The summed E-state index contributed by atoms with van der Waals surface area (Å²) >= 11 is 0. The summed E-state index contributed by atoms with van der Waals surface area (Å²) in [5, 5.41) is 7.31. The van der Waals surface area contributed by atoms with Gasteiger partial charge in [-0.05, 0) is 36.1 Å². The van der Waals surface area contributed by atoms with E-state index in [1.165, 1.54) is 42.4 Å². The minimum absolute atomic E-state index is 0.0271. The summed E-state index contributed by atoms with van der Waals surface area (Å²) in [5.74, 6) is -4.05. The Morgan fingerprint density at radius 3 is 2.64 bits per heavy atom. The molecule has 11 heteroatoms. The second-order valence-electron chi connectivity index (χ2n) is 8.94. The summed E-state index contributed by atoms with van der Waals surface area (Å²) in [6, 6.07) is 5.74. The van der Waals surface area contributed by atoms with Gasteiger partial charge in [0, 0.05) is 44.6 Å². The first-order valence-corrected chi connectivity index (χ1v) is 12.2. The number of carbonyl (C=O) groups is 1. The molecule has 1 atom stereocenters. The van der Waals surface area contributed by atoms with Crippen molar-refractivity contribution in [1.82, 2.24) is 14.8 Å². The topological polar surface area (TPSA) is 89.2 Å². The predicted molar refractivity (Wildman–Crippen MR) is 120 cm³/mol. The molecule has 1 unspecified atom stereocenters. The molecule has 0 saturated heterocycles. The lowest BCUT2D eigenvalue weighted by molar-refractivity contribution is -0.159. The molecule has 1 N–H and O–H groups in total. The Morgan fingerprint density at radius 2 is 2.00 bits per heavy atom. The molecule has 33 heavy (non-hydrogen) atoms. The summed E-state index contributed by atoms with van der Waals surface area (Å²) in [6.07, 6.45) is 2.14. The first-order chi connectivity index (χ1) is 15.3. The number of nitrogens with one attached hydrogen (secondary N) is 1. The summed E-state index contributed by atoms with van der Waals surface area (Å²) in [7, 11) is -1.32. The summed E-state index contributed by atoms with van der Waals surface area (Å²) < 4.78 is 59.7. The molecular weight excluding hydrogens is 455 g/mol. The lowest BCUT2D eigenvalue weighted by Crippen LogP contribution is -2.47. The van der Waals surface area contributed by atoms with Gasteiger partial charge in [-0.3, -0.25) is 9.48 Å². The number of halogens is 3. The molecule has 3 aromatic rings. The number of aromatic nitrogens is 3. The van der Waals surface area contributed by atoms with Gasteiger partial charge in [-0.1, -0.05) is 13.0 Å². The van der Waals surface area contributed by atoms with Crippen molar-refractivity contribution in [2.45, 2.75) is 44.2 Å². The number of aryl methyl sites for hydroxylation is 1. The Kier molecular flexibility index (Phi) is 5.50. The molecule has 2 aromatic heterocycles. The van der Waals surface area contributed by atoms with E-state index in [0.29, 0.717) is 16.8 Å². The number of nitrogens with zero attached hydrogens (tertiary/aromatic N) is 4.